The number of nitrogens with zero attached hydrogens (tertiary/aromatic N) is 1. The van der Waals surface area contributed by atoms with Crippen molar-refractivity contribution in [3.05, 3.63) is 38.3 Å². The number of hydrogen-bond donors (Lipinski definition) is 1. The minimum Gasteiger partial charge on any atom is -0.349 e. The molecule has 1 aromatic carbocycles. The molecule has 0 spiro atoms. The second kappa shape index (κ2) is 5.06. The number of carbonyl (C=O) groups is 1. The zero-order valence-electron chi connectivity index (χ0n) is 9.85. The minimum absolute atomic E-state index is 0.0956. The van der Waals surface area contributed by atoms with E-state index in [0.717, 1.165) is 12.8 Å². The molecule has 96 valence electrons. The number of rotatable bonds is 4. The van der Waals surface area contributed by atoms with E-state index in [4.69, 9.17) is 0 Å². The van der Waals surface area contributed by atoms with E-state index in [0.29, 0.717) is 16.0 Å². The molecule has 1 aromatic rings. The molecule has 18 heavy (non-hydrogen) atoms. The lowest BCUT2D eigenvalue weighted by molar-refractivity contribution is -0.385. The third kappa shape index (κ3) is 2.87. The molecule has 1 aliphatic carbocycles. The van der Waals surface area contributed by atoms with Crippen LogP contribution in [0.2, 0.25) is 0 Å². The summed E-state index contributed by atoms with van der Waals surface area (Å²) in [5.41, 5.74) is 0.221. The molecule has 1 aliphatic rings. The Morgan fingerprint density at radius 2 is 2.22 bits per heavy atom. The van der Waals surface area contributed by atoms with Crippen molar-refractivity contribution in [3.63, 3.8) is 0 Å². The lowest BCUT2D eigenvalue weighted by Crippen LogP contribution is -2.33. The van der Waals surface area contributed by atoms with Crippen molar-refractivity contribution < 1.29 is 9.72 Å². The topological polar surface area (TPSA) is 72.2 Å². The highest BCUT2D eigenvalue weighted by molar-refractivity contribution is 9.10. The van der Waals surface area contributed by atoms with Crippen molar-refractivity contribution in [3.8, 4) is 0 Å². The van der Waals surface area contributed by atoms with E-state index in [9.17, 15) is 14.9 Å². The molecule has 1 fully saturated rings. The number of hydrogen-bond acceptors (Lipinski definition) is 3. The lowest BCUT2D eigenvalue weighted by atomic mass is 10.1. The standard InChI is InChI=1S/C12H13BrN2O3/c1-7(8-2-3-8)14-12(16)9-4-5-10(13)11(6-9)15(17)18/h4-8H,2-3H2,1H3,(H,14,16). The van der Waals surface area contributed by atoms with Crippen LogP contribution < -0.4 is 5.32 Å². The van der Waals surface area contributed by atoms with Crippen LogP contribution in [0.25, 0.3) is 0 Å². The quantitative estimate of drug-likeness (QED) is 0.686. The number of nitrogens with one attached hydrogen (secondary N) is 1. The maximum Gasteiger partial charge on any atom is 0.284 e. The highest BCUT2D eigenvalue weighted by Gasteiger charge is 2.29. The van der Waals surface area contributed by atoms with E-state index in [-0.39, 0.29) is 17.6 Å². The van der Waals surface area contributed by atoms with Gasteiger partial charge in [-0.3, -0.25) is 14.9 Å². The van der Waals surface area contributed by atoms with Gasteiger partial charge in [-0.05, 0) is 53.7 Å². The van der Waals surface area contributed by atoms with Gasteiger partial charge in [0.2, 0.25) is 0 Å². The Balaban J connectivity index is 2.14. The largest absolute Gasteiger partial charge is 0.349 e. The first kappa shape index (κ1) is 13.0. The maximum absolute atomic E-state index is 11.9. The summed E-state index contributed by atoms with van der Waals surface area (Å²) in [6, 6.07) is 4.51. The first-order valence-corrected chi connectivity index (χ1v) is 6.53. The van der Waals surface area contributed by atoms with Crippen LogP contribution in [0.5, 0.6) is 0 Å². The summed E-state index contributed by atoms with van der Waals surface area (Å²) >= 11 is 3.09. The molecule has 0 aliphatic heterocycles. The fraction of sp³-hybridized carbons (Fsp3) is 0.417. The average molecular weight is 313 g/mol. The highest BCUT2D eigenvalue weighted by Crippen LogP contribution is 2.32. The third-order valence-corrected chi connectivity index (χ3v) is 3.76. The van der Waals surface area contributed by atoms with Gasteiger partial charge in [-0.2, -0.15) is 0 Å². The van der Waals surface area contributed by atoms with Gasteiger partial charge in [0.25, 0.3) is 11.6 Å². The Hall–Kier alpha value is -1.43. The molecule has 0 saturated heterocycles. The van der Waals surface area contributed by atoms with Crippen LogP contribution in [0.4, 0.5) is 5.69 Å². The van der Waals surface area contributed by atoms with Crippen molar-refractivity contribution in [2.45, 2.75) is 25.8 Å². The molecule has 1 saturated carbocycles. The van der Waals surface area contributed by atoms with Gasteiger partial charge in [-0.1, -0.05) is 0 Å². The number of halogens is 1. The smallest absolute Gasteiger partial charge is 0.284 e. The van der Waals surface area contributed by atoms with Gasteiger partial charge in [0, 0.05) is 17.7 Å². The summed E-state index contributed by atoms with van der Waals surface area (Å²) in [4.78, 5) is 22.2. The Kier molecular flexibility index (Phi) is 3.65. The van der Waals surface area contributed by atoms with Gasteiger partial charge in [0.1, 0.15) is 0 Å². The number of carbonyl (C=O) groups excluding carboxylic acids is 1. The van der Waals surface area contributed by atoms with E-state index in [1.54, 1.807) is 6.07 Å². The molecular weight excluding hydrogens is 300 g/mol. The molecule has 6 heteroatoms. The summed E-state index contributed by atoms with van der Waals surface area (Å²) < 4.78 is 0.374. The Labute approximate surface area is 113 Å². The van der Waals surface area contributed by atoms with E-state index in [1.807, 2.05) is 6.92 Å². The van der Waals surface area contributed by atoms with E-state index >= 15 is 0 Å². The van der Waals surface area contributed by atoms with Crippen LogP contribution >= 0.6 is 15.9 Å². The van der Waals surface area contributed by atoms with Crippen molar-refractivity contribution in [2.24, 2.45) is 5.92 Å². The van der Waals surface area contributed by atoms with Crippen LogP contribution in [-0.2, 0) is 0 Å². The summed E-state index contributed by atoms with van der Waals surface area (Å²) in [6.45, 7) is 1.96. The summed E-state index contributed by atoms with van der Waals surface area (Å²) in [5, 5.41) is 13.6. The predicted molar refractivity (Wildman–Crippen MR) is 70.4 cm³/mol. The normalized spacial score (nSPS) is 16.1. The monoisotopic (exact) mass is 312 g/mol. The predicted octanol–water partition coefficient (Wildman–Crippen LogP) is 2.89. The molecule has 0 aromatic heterocycles. The summed E-state index contributed by atoms with van der Waals surface area (Å²) in [7, 11) is 0. The minimum atomic E-state index is -0.509. The summed E-state index contributed by atoms with van der Waals surface area (Å²) in [6.07, 6.45) is 2.28. The van der Waals surface area contributed by atoms with E-state index < -0.39 is 4.92 Å². The fourth-order valence-electron chi connectivity index (χ4n) is 1.80. The Morgan fingerprint density at radius 3 is 2.78 bits per heavy atom. The number of nitro groups is 1. The van der Waals surface area contributed by atoms with Gasteiger partial charge in [-0.15, -0.1) is 0 Å². The van der Waals surface area contributed by atoms with Gasteiger partial charge in [-0.25, -0.2) is 0 Å². The third-order valence-electron chi connectivity index (χ3n) is 3.09. The molecule has 1 N–H and O–H groups in total. The molecule has 0 heterocycles. The second-order valence-electron chi connectivity index (χ2n) is 4.52. The molecule has 0 bridgehead atoms. The number of nitro benzene ring substituents is 1. The SMILES string of the molecule is CC(NC(=O)c1ccc(Br)c([N+](=O)[O-])c1)C1CC1. The van der Waals surface area contributed by atoms with Crippen LogP contribution in [0.3, 0.4) is 0 Å². The Morgan fingerprint density at radius 1 is 1.56 bits per heavy atom. The first-order chi connectivity index (χ1) is 8.49. The molecule has 1 amide bonds. The van der Waals surface area contributed by atoms with Gasteiger partial charge >= 0.3 is 0 Å². The Bertz CT molecular complexity index is 500. The van der Waals surface area contributed by atoms with Crippen LogP contribution in [0.1, 0.15) is 30.1 Å². The van der Waals surface area contributed by atoms with Gasteiger partial charge < -0.3 is 5.32 Å². The van der Waals surface area contributed by atoms with Crippen molar-refractivity contribution in [1.82, 2.24) is 5.32 Å². The molecule has 0 radical (unpaired) electrons. The summed E-state index contributed by atoms with van der Waals surface area (Å²) in [5.74, 6) is 0.296. The van der Waals surface area contributed by atoms with Crippen molar-refractivity contribution >= 4 is 27.5 Å². The second-order valence-corrected chi connectivity index (χ2v) is 5.38. The van der Waals surface area contributed by atoms with E-state index in [2.05, 4.69) is 21.2 Å². The molecule has 5 nitrogen and oxygen atoms in total. The van der Waals surface area contributed by atoms with Crippen molar-refractivity contribution in [2.75, 3.05) is 0 Å². The number of benzene rings is 1. The molecule has 1 unspecified atom stereocenters. The van der Waals surface area contributed by atoms with Gasteiger partial charge in [0.15, 0.2) is 0 Å². The van der Waals surface area contributed by atoms with Crippen LogP contribution in [0.15, 0.2) is 22.7 Å². The number of amides is 1. The zero-order valence-corrected chi connectivity index (χ0v) is 11.4. The molecular formula is C12H13BrN2O3. The van der Waals surface area contributed by atoms with Gasteiger partial charge in [0.05, 0.1) is 9.40 Å². The fourth-order valence-corrected chi connectivity index (χ4v) is 2.19. The highest BCUT2D eigenvalue weighted by atomic mass is 79.9. The van der Waals surface area contributed by atoms with Crippen molar-refractivity contribution in [1.29, 1.82) is 0 Å². The maximum atomic E-state index is 11.9. The molecule has 2 rings (SSSR count). The zero-order chi connectivity index (χ0) is 13.3. The molecule has 1 atom stereocenters. The first-order valence-electron chi connectivity index (χ1n) is 5.74. The average Bonchev–Trinajstić information content (AvgIpc) is 3.12. The lowest BCUT2D eigenvalue weighted by Gasteiger charge is -2.12. The van der Waals surface area contributed by atoms with Crippen LogP contribution in [-0.4, -0.2) is 16.9 Å². The van der Waals surface area contributed by atoms with E-state index in [1.165, 1.54) is 12.1 Å². The van der Waals surface area contributed by atoms with Crippen LogP contribution in [0, 0.1) is 16.0 Å².